The summed E-state index contributed by atoms with van der Waals surface area (Å²) in [5.41, 5.74) is 1.79. The van der Waals surface area contributed by atoms with Gasteiger partial charge < -0.3 is 5.32 Å². The van der Waals surface area contributed by atoms with Gasteiger partial charge in [-0.2, -0.15) is 0 Å². The number of aromatic nitrogens is 3. The van der Waals surface area contributed by atoms with Crippen LogP contribution in [0.1, 0.15) is 5.56 Å². The van der Waals surface area contributed by atoms with E-state index in [2.05, 4.69) is 15.5 Å². The molecule has 0 atom stereocenters. The number of rotatable bonds is 8. The fourth-order valence-electron chi connectivity index (χ4n) is 3.21. The third kappa shape index (κ3) is 5.58. The lowest BCUT2D eigenvalue weighted by molar-refractivity contribution is -0.118. The van der Waals surface area contributed by atoms with E-state index in [1.807, 2.05) is 6.07 Å². The molecule has 0 aliphatic carbocycles. The van der Waals surface area contributed by atoms with Crippen LogP contribution in [0.2, 0.25) is 5.02 Å². The topological polar surface area (TPSA) is 59.8 Å². The quantitative estimate of drug-likeness (QED) is 0.344. The summed E-state index contributed by atoms with van der Waals surface area (Å²) in [5.74, 6) is -0.502. The van der Waals surface area contributed by atoms with Crippen LogP contribution in [0, 0.1) is 11.6 Å². The lowest BCUT2D eigenvalue weighted by Gasteiger charge is -2.12. The van der Waals surface area contributed by atoms with Crippen LogP contribution >= 0.6 is 23.4 Å². The van der Waals surface area contributed by atoms with Crippen molar-refractivity contribution in [2.45, 2.75) is 11.6 Å². The van der Waals surface area contributed by atoms with Gasteiger partial charge in [0, 0.05) is 12.1 Å². The zero-order valence-corrected chi connectivity index (χ0v) is 18.9. The fourth-order valence-corrected chi connectivity index (χ4v) is 4.20. The van der Waals surface area contributed by atoms with Gasteiger partial charge in [0.2, 0.25) is 5.91 Å². The molecule has 0 aliphatic rings. The van der Waals surface area contributed by atoms with Crippen LogP contribution in [0.4, 0.5) is 8.78 Å². The van der Waals surface area contributed by atoms with Gasteiger partial charge in [0.05, 0.1) is 16.5 Å². The molecule has 1 heterocycles. The summed E-state index contributed by atoms with van der Waals surface area (Å²) in [7, 11) is 0. The van der Waals surface area contributed by atoms with Crippen LogP contribution in [0.15, 0.2) is 78.0 Å². The molecule has 0 fully saturated rings. The van der Waals surface area contributed by atoms with Crippen LogP contribution in [0.5, 0.6) is 0 Å². The Balaban J connectivity index is 1.49. The van der Waals surface area contributed by atoms with Gasteiger partial charge >= 0.3 is 0 Å². The molecular weight excluding hydrogens is 466 g/mol. The van der Waals surface area contributed by atoms with Crippen molar-refractivity contribution < 1.29 is 13.6 Å². The second-order valence-electron chi connectivity index (χ2n) is 7.09. The number of carbonyl (C=O) groups excluding carboxylic acids is 1. The summed E-state index contributed by atoms with van der Waals surface area (Å²) in [6.07, 6.45) is 0.582. The van der Waals surface area contributed by atoms with E-state index in [0.29, 0.717) is 34.5 Å². The minimum atomic E-state index is -0.448. The first kappa shape index (κ1) is 22.9. The van der Waals surface area contributed by atoms with Crippen molar-refractivity contribution in [3.05, 3.63) is 95.0 Å². The van der Waals surface area contributed by atoms with E-state index < -0.39 is 5.82 Å². The molecule has 5 nitrogen and oxygen atoms in total. The molecule has 0 unspecified atom stereocenters. The van der Waals surface area contributed by atoms with Crippen LogP contribution in [0.3, 0.4) is 0 Å². The molecular formula is C24H19ClF2N4OS. The van der Waals surface area contributed by atoms with Gasteiger partial charge in [-0.25, -0.2) is 8.78 Å². The summed E-state index contributed by atoms with van der Waals surface area (Å²) in [5, 5.41) is 12.1. The minimum absolute atomic E-state index is 0.0680. The molecule has 9 heteroatoms. The first-order chi connectivity index (χ1) is 16.0. The average molecular weight is 485 g/mol. The van der Waals surface area contributed by atoms with Crippen LogP contribution in [-0.4, -0.2) is 33.0 Å². The van der Waals surface area contributed by atoms with E-state index >= 15 is 0 Å². The fraction of sp³-hybridized carbons (Fsp3) is 0.125. The maximum absolute atomic E-state index is 14.7. The second kappa shape index (κ2) is 10.6. The van der Waals surface area contributed by atoms with E-state index in [9.17, 15) is 13.6 Å². The summed E-state index contributed by atoms with van der Waals surface area (Å²) >= 11 is 7.49. The van der Waals surface area contributed by atoms with Crippen molar-refractivity contribution in [3.8, 4) is 17.1 Å². The van der Waals surface area contributed by atoms with Crippen LogP contribution in [-0.2, 0) is 11.2 Å². The lowest BCUT2D eigenvalue weighted by Crippen LogP contribution is -2.27. The molecule has 168 valence electrons. The van der Waals surface area contributed by atoms with Gasteiger partial charge in [-0.05, 0) is 48.4 Å². The predicted octanol–water partition coefficient (Wildman–Crippen LogP) is 5.32. The molecule has 0 saturated carbocycles. The van der Waals surface area contributed by atoms with E-state index in [1.54, 1.807) is 53.1 Å². The van der Waals surface area contributed by atoms with Crippen molar-refractivity contribution >= 4 is 29.3 Å². The number of hydrogen-bond acceptors (Lipinski definition) is 4. The number of nitrogens with zero attached hydrogens (tertiary/aromatic N) is 3. The zero-order chi connectivity index (χ0) is 23.2. The lowest BCUT2D eigenvalue weighted by atomic mass is 10.1. The Hall–Kier alpha value is -3.23. The van der Waals surface area contributed by atoms with Gasteiger partial charge in [-0.15, -0.1) is 10.2 Å². The number of nitrogens with one attached hydrogen (secondary N) is 1. The highest BCUT2D eigenvalue weighted by Crippen LogP contribution is 2.32. The Morgan fingerprint density at radius 2 is 1.70 bits per heavy atom. The second-order valence-corrected chi connectivity index (χ2v) is 8.44. The van der Waals surface area contributed by atoms with Crippen LogP contribution < -0.4 is 5.32 Å². The minimum Gasteiger partial charge on any atom is -0.355 e. The van der Waals surface area contributed by atoms with Crippen molar-refractivity contribution in [3.63, 3.8) is 0 Å². The van der Waals surface area contributed by atoms with Gasteiger partial charge in [0.25, 0.3) is 0 Å². The molecule has 0 spiro atoms. The van der Waals surface area contributed by atoms with Gasteiger partial charge in [0.1, 0.15) is 11.6 Å². The monoisotopic (exact) mass is 484 g/mol. The molecule has 0 aliphatic heterocycles. The molecule has 4 rings (SSSR count). The highest BCUT2D eigenvalue weighted by molar-refractivity contribution is 7.99. The maximum Gasteiger partial charge on any atom is 0.230 e. The Morgan fingerprint density at radius 3 is 2.45 bits per heavy atom. The number of amides is 1. The average Bonchev–Trinajstić information content (AvgIpc) is 3.23. The molecule has 3 aromatic carbocycles. The Kier molecular flexibility index (Phi) is 7.36. The first-order valence-corrected chi connectivity index (χ1v) is 11.5. The van der Waals surface area contributed by atoms with Crippen molar-refractivity contribution in [1.82, 2.24) is 20.1 Å². The third-order valence-corrected chi connectivity index (χ3v) is 6.08. The standard InChI is InChI=1S/C24H19ClF2N4OS/c25-19-6-2-1-5-18(19)23-29-30-24(31(23)21-8-4-3-7-20(21)27)33-15-22(32)28-14-13-16-9-11-17(26)12-10-16/h1-12H,13-15H2,(H,28,32). The molecule has 0 bridgehead atoms. The highest BCUT2D eigenvalue weighted by Gasteiger charge is 2.20. The Bertz CT molecular complexity index is 1260. The van der Waals surface area contributed by atoms with Crippen LogP contribution in [0.25, 0.3) is 17.1 Å². The largest absolute Gasteiger partial charge is 0.355 e. The maximum atomic E-state index is 14.7. The number of benzene rings is 3. The van der Waals surface area contributed by atoms with Gasteiger partial charge in [-0.3, -0.25) is 9.36 Å². The summed E-state index contributed by atoms with van der Waals surface area (Å²) in [6, 6.07) is 19.5. The van der Waals surface area contributed by atoms with Crippen molar-refractivity contribution in [2.75, 3.05) is 12.3 Å². The van der Waals surface area contributed by atoms with E-state index in [0.717, 1.165) is 17.3 Å². The Morgan fingerprint density at radius 1 is 0.970 bits per heavy atom. The Labute approximate surface area is 198 Å². The predicted molar refractivity (Wildman–Crippen MR) is 126 cm³/mol. The number of carbonyl (C=O) groups is 1. The van der Waals surface area contributed by atoms with E-state index in [4.69, 9.17) is 11.6 Å². The third-order valence-electron chi connectivity index (χ3n) is 4.82. The summed E-state index contributed by atoms with van der Waals surface area (Å²) in [4.78, 5) is 12.4. The van der Waals surface area contributed by atoms with E-state index in [-0.39, 0.29) is 23.2 Å². The smallest absolute Gasteiger partial charge is 0.230 e. The molecule has 1 amide bonds. The van der Waals surface area contributed by atoms with E-state index in [1.165, 1.54) is 18.2 Å². The number of halogens is 3. The molecule has 0 radical (unpaired) electrons. The first-order valence-electron chi connectivity index (χ1n) is 10.1. The number of thioether (sulfide) groups is 1. The molecule has 33 heavy (non-hydrogen) atoms. The van der Waals surface area contributed by atoms with Gasteiger partial charge in [0.15, 0.2) is 11.0 Å². The normalized spacial score (nSPS) is 10.9. The zero-order valence-electron chi connectivity index (χ0n) is 17.3. The summed E-state index contributed by atoms with van der Waals surface area (Å²) in [6.45, 7) is 0.413. The van der Waals surface area contributed by atoms with Gasteiger partial charge in [-0.1, -0.05) is 59.8 Å². The molecule has 1 aromatic heterocycles. The van der Waals surface area contributed by atoms with Crippen molar-refractivity contribution in [2.24, 2.45) is 0 Å². The molecule has 0 saturated heterocycles. The molecule has 1 N–H and O–H groups in total. The SMILES string of the molecule is O=C(CSc1nnc(-c2ccccc2Cl)n1-c1ccccc1F)NCCc1ccc(F)cc1. The summed E-state index contributed by atoms with van der Waals surface area (Å²) < 4.78 is 29.2. The molecule has 4 aromatic rings. The number of para-hydroxylation sites is 1. The number of hydrogen-bond donors (Lipinski definition) is 1. The highest BCUT2D eigenvalue weighted by atomic mass is 35.5. The van der Waals surface area contributed by atoms with Crippen molar-refractivity contribution in [1.29, 1.82) is 0 Å².